The average molecular weight is 284 g/mol. The molecule has 6 nitrogen and oxygen atoms in total. The number of amides is 1. The van der Waals surface area contributed by atoms with Crippen molar-refractivity contribution in [1.29, 1.82) is 0 Å². The summed E-state index contributed by atoms with van der Waals surface area (Å²) in [5, 5.41) is 2.74. The van der Waals surface area contributed by atoms with Gasteiger partial charge < -0.3 is 18.9 Å². The Hall–Kier alpha value is -3.02. The molecule has 0 fully saturated rings. The van der Waals surface area contributed by atoms with Crippen molar-refractivity contribution in [3.05, 3.63) is 54.7 Å². The van der Waals surface area contributed by atoms with Gasteiger partial charge in [-0.3, -0.25) is 4.79 Å². The number of aromatic nitrogens is 1. The van der Waals surface area contributed by atoms with Gasteiger partial charge in [0.1, 0.15) is 5.75 Å². The molecule has 0 bridgehead atoms. The molecule has 21 heavy (non-hydrogen) atoms. The van der Waals surface area contributed by atoms with Crippen molar-refractivity contribution in [2.75, 3.05) is 12.4 Å². The summed E-state index contributed by atoms with van der Waals surface area (Å²) in [5.41, 5.74) is 0.703. The van der Waals surface area contributed by atoms with Crippen LogP contribution >= 0.6 is 0 Å². The Kier molecular flexibility index (Phi) is 3.42. The number of methoxy groups -OCH3 is 1. The van der Waals surface area contributed by atoms with E-state index >= 15 is 0 Å². The maximum Gasteiger partial charge on any atom is 0.278 e. The van der Waals surface area contributed by atoms with Crippen LogP contribution in [0.4, 0.5) is 5.69 Å². The summed E-state index contributed by atoms with van der Waals surface area (Å²) >= 11 is 0. The minimum Gasteiger partial charge on any atom is -0.495 e. The summed E-state index contributed by atoms with van der Waals surface area (Å²) in [6.45, 7) is 0. The minimum atomic E-state index is -0.403. The van der Waals surface area contributed by atoms with E-state index in [1.54, 1.807) is 30.3 Å². The van der Waals surface area contributed by atoms with Crippen LogP contribution in [0.3, 0.4) is 0 Å². The van der Waals surface area contributed by atoms with E-state index in [0.29, 0.717) is 17.2 Å². The van der Waals surface area contributed by atoms with Gasteiger partial charge in [-0.15, -0.1) is 0 Å². The zero-order valence-electron chi connectivity index (χ0n) is 11.2. The first kappa shape index (κ1) is 13.0. The Bertz CT molecular complexity index is 747. The molecule has 0 radical (unpaired) electrons. The molecule has 1 aromatic carbocycles. The fourth-order valence-corrected chi connectivity index (χ4v) is 1.92. The van der Waals surface area contributed by atoms with Gasteiger partial charge in [0, 0.05) is 0 Å². The molecule has 0 spiro atoms. The van der Waals surface area contributed by atoms with Crippen LogP contribution in [-0.2, 0) is 0 Å². The van der Waals surface area contributed by atoms with Crippen molar-refractivity contribution < 1.29 is 18.4 Å². The Morgan fingerprint density at radius 2 is 2.05 bits per heavy atom. The summed E-state index contributed by atoms with van der Waals surface area (Å²) in [7, 11) is 1.54. The monoisotopic (exact) mass is 284 g/mol. The molecule has 1 N–H and O–H groups in total. The zero-order valence-corrected chi connectivity index (χ0v) is 11.2. The van der Waals surface area contributed by atoms with Gasteiger partial charge in [-0.1, -0.05) is 12.1 Å². The molecule has 0 aliphatic rings. The van der Waals surface area contributed by atoms with E-state index in [4.69, 9.17) is 13.6 Å². The van der Waals surface area contributed by atoms with Gasteiger partial charge in [0.2, 0.25) is 5.76 Å². The smallest absolute Gasteiger partial charge is 0.278 e. The second-order valence-electron chi connectivity index (χ2n) is 4.16. The number of ether oxygens (including phenoxy) is 1. The second kappa shape index (κ2) is 5.54. The van der Waals surface area contributed by atoms with Gasteiger partial charge in [-0.2, -0.15) is 0 Å². The third-order valence-corrected chi connectivity index (χ3v) is 2.88. The summed E-state index contributed by atoms with van der Waals surface area (Å²) in [6.07, 6.45) is 2.70. The third kappa shape index (κ3) is 2.51. The van der Waals surface area contributed by atoms with E-state index in [1.165, 1.54) is 19.8 Å². The van der Waals surface area contributed by atoms with Gasteiger partial charge in [0.25, 0.3) is 5.91 Å². The summed E-state index contributed by atoms with van der Waals surface area (Å²) < 4.78 is 15.6. The lowest BCUT2D eigenvalue weighted by Gasteiger charge is -2.08. The van der Waals surface area contributed by atoms with E-state index in [2.05, 4.69) is 10.3 Å². The third-order valence-electron chi connectivity index (χ3n) is 2.88. The van der Waals surface area contributed by atoms with Gasteiger partial charge in [0.15, 0.2) is 17.8 Å². The van der Waals surface area contributed by atoms with Crippen LogP contribution < -0.4 is 10.1 Å². The second-order valence-corrected chi connectivity index (χ2v) is 4.16. The van der Waals surface area contributed by atoms with Crippen molar-refractivity contribution in [3.63, 3.8) is 0 Å². The highest BCUT2D eigenvalue weighted by atomic mass is 16.5. The van der Waals surface area contributed by atoms with Crippen LogP contribution in [0.25, 0.3) is 11.5 Å². The maximum atomic E-state index is 12.3. The number of benzene rings is 1. The number of nitrogens with one attached hydrogen (secondary N) is 1. The van der Waals surface area contributed by atoms with E-state index in [9.17, 15) is 4.79 Å². The fourth-order valence-electron chi connectivity index (χ4n) is 1.92. The quantitative estimate of drug-likeness (QED) is 0.796. The lowest BCUT2D eigenvalue weighted by molar-refractivity contribution is 0.102. The lowest BCUT2D eigenvalue weighted by atomic mass is 10.2. The number of carbonyl (C=O) groups is 1. The highest BCUT2D eigenvalue weighted by Crippen LogP contribution is 2.27. The number of carbonyl (C=O) groups excluding carboxylic acids is 1. The molecule has 3 rings (SSSR count). The first-order valence-electron chi connectivity index (χ1n) is 6.21. The van der Waals surface area contributed by atoms with Crippen LogP contribution in [0.5, 0.6) is 5.75 Å². The largest absolute Gasteiger partial charge is 0.495 e. The summed E-state index contributed by atoms with van der Waals surface area (Å²) in [5.74, 6) is 0.888. The molecule has 106 valence electrons. The van der Waals surface area contributed by atoms with Crippen molar-refractivity contribution >= 4 is 11.6 Å². The molecule has 0 aliphatic carbocycles. The number of furan rings is 1. The van der Waals surface area contributed by atoms with E-state index < -0.39 is 5.91 Å². The Labute approximate surface area is 120 Å². The van der Waals surface area contributed by atoms with Crippen LogP contribution in [0.15, 0.2) is 57.9 Å². The van der Waals surface area contributed by atoms with Crippen molar-refractivity contribution in [2.45, 2.75) is 0 Å². The molecule has 0 unspecified atom stereocenters. The number of rotatable bonds is 4. The summed E-state index contributed by atoms with van der Waals surface area (Å²) in [4.78, 5) is 16.3. The molecule has 0 saturated heterocycles. The summed E-state index contributed by atoms with van der Waals surface area (Å²) in [6, 6.07) is 10.5. The molecule has 2 aromatic heterocycles. The van der Waals surface area contributed by atoms with Crippen molar-refractivity contribution in [3.8, 4) is 17.3 Å². The maximum absolute atomic E-state index is 12.3. The predicted octanol–water partition coefficient (Wildman–Crippen LogP) is 3.20. The number of anilines is 1. The molecule has 0 atom stereocenters. The normalized spacial score (nSPS) is 10.3. The van der Waals surface area contributed by atoms with Crippen LogP contribution in [0.2, 0.25) is 0 Å². The number of hydrogen-bond acceptors (Lipinski definition) is 5. The van der Waals surface area contributed by atoms with Gasteiger partial charge in [-0.05, 0) is 24.3 Å². The minimum absolute atomic E-state index is 0.149. The molecule has 6 heteroatoms. The van der Waals surface area contributed by atoms with Crippen LogP contribution in [-0.4, -0.2) is 18.0 Å². The molecular weight excluding hydrogens is 272 g/mol. The van der Waals surface area contributed by atoms with Gasteiger partial charge in [-0.25, -0.2) is 4.98 Å². The van der Waals surface area contributed by atoms with Crippen LogP contribution in [0.1, 0.15) is 10.5 Å². The number of para-hydroxylation sites is 2. The first-order valence-corrected chi connectivity index (χ1v) is 6.21. The van der Waals surface area contributed by atoms with Gasteiger partial charge in [0.05, 0.1) is 19.1 Å². The topological polar surface area (TPSA) is 77.5 Å². The lowest BCUT2D eigenvalue weighted by Crippen LogP contribution is -2.14. The van der Waals surface area contributed by atoms with Crippen LogP contribution in [0, 0.1) is 0 Å². The first-order chi connectivity index (χ1) is 10.3. The van der Waals surface area contributed by atoms with Crippen molar-refractivity contribution in [2.24, 2.45) is 0 Å². The highest BCUT2D eigenvalue weighted by molar-refractivity contribution is 6.06. The number of nitrogens with zero attached hydrogens (tertiary/aromatic N) is 1. The van der Waals surface area contributed by atoms with Gasteiger partial charge >= 0.3 is 0 Å². The molecule has 2 heterocycles. The number of hydrogen-bond donors (Lipinski definition) is 1. The fraction of sp³-hybridized carbons (Fsp3) is 0.0667. The number of oxazole rings is 1. The molecule has 0 aliphatic heterocycles. The highest BCUT2D eigenvalue weighted by Gasteiger charge is 2.21. The standard InChI is InChI=1S/C15H12N2O4/c1-19-11-6-3-2-5-10(11)17-15(18)13-14(21-9-16-13)12-7-4-8-20-12/h2-9H,1H3,(H,17,18). The molecule has 3 aromatic rings. The van der Waals surface area contributed by atoms with E-state index in [0.717, 1.165) is 0 Å². The molecule has 1 amide bonds. The Morgan fingerprint density at radius 3 is 2.81 bits per heavy atom. The SMILES string of the molecule is COc1ccccc1NC(=O)c1ncoc1-c1ccco1. The zero-order chi connectivity index (χ0) is 14.7. The van der Waals surface area contributed by atoms with E-state index in [1.807, 2.05) is 6.07 Å². The average Bonchev–Trinajstić information content (AvgIpc) is 3.18. The van der Waals surface area contributed by atoms with E-state index in [-0.39, 0.29) is 11.5 Å². The predicted molar refractivity (Wildman–Crippen MR) is 75.2 cm³/mol. The molecular formula is C15H12N2O4. The Balaban J connectivity index is 1.89. The van der Waals surface area contributed by atoms with Crippen molar-refractivity contribution in [1.82, 2.24) is 4.98 Å². The Morgan fingerprint density at radius 1 is 1.19 bits per heavy atom. The molecule has 0 saturated carbocycles.